The molecule has 0 bridgehead atoms. The lowest BCUT2D eigenvalue weighted by molar-refractivity contribution is -0.249. The molecule has 15 heavy (non-hydrogen) atoms. The van der Waals surface area contributed by atoms with Crippen LogP contribution in [0.1, 0.15) is 12.5 Å². The zero-order valence-corrected chi connectivity index (χ0v) is 9.39. The molecule has 1 unspecified atom stereocenters. The Kier molecular flexibility index (Phi) is 3.36. The first-order valence-corrected chi connectivity index (χ1v) is 5.38. The molecule has 0 amide bonds. The zero-order valence-electron chi connectivity index (χ0n) is 9.39. The van der Waals surface area contributed by atoms with Gasteiger partial charge in [-0.05, 0) is 19.5 Å². The van der Waals surface area contributed by atoms with E-state index < -0.39 is 0 Å². The summed E-state index contributed by atoms with van der Waals surface area (Å²) in [6.07, 6.45) is 0. The Morgan fingerprint density at radius 3 is 2.73 bits per heavy atom. The van der Waals surface area contributed by atoms with Crippen molar-refractivity contribution in [3.63, 3.8) is 0 Å². The summed E-state index contributed by atoms with van der Waals surface area (Å²) in [5.74, 6) is 0. The third-order valence-corrected chi connectivity index (χ3v) is 2.69. The fraction of sp³-hybridized carbons (Fsp3) is 0.500. The van der Waals surface area contributed by atoms with Crippen LogP contribution < -0.4 is 0 Å². The third-order valence-electron chi connectivity index (χ3n) is 2.69. The molecule has 0 saturated carbocycles. The molecule has 1 aliphatic heterocycles. The molecule has 1 aliphatic rings. The Bertz CT molecular complexity index is 302. The maximum Gasteiger partial charge on any atom is 0.121 e. The van der Waals surface area contributed by atoms with E-state index in [-0.39, 0.29) is 0 Å². The highest BCUT2D eigenvalue weighted by atomic mass is 16.7. The first-order valence-electron chi connectivity index (χ1n) is 5.38. The lowest BCUT2D eigenvalue weighted by Crippen LogP contribution is -2.48. The van der Waals surface area contributed by atoms with Gasteiger partial charge in [-0.25, -0.2) is 0 Å². The lowest BCUT2D eigenvalue weighted by Gasteiger charge is -2.37. The molecular formula is C12H18N2O. The van der Waals surface area contributed by atoms with E-state index in [9.17, 15) is 0 Å². The van der Waals surface area contributed by atoms with Crippen LogP contribution in [-0.4, -0.2) is 36.3 Å². The summed E-state index contributed by atoms with van der Waals surface area (Å²) in [6, 6.07) is 10.9. The Balaban J connectivity index is 1.95. The number of nitrogens with zero attached hydrogens (tertiary/aromatic N) is 2. The Hall–Kier alpha value is -0.900. The predicted molar refractivity (Wildman–Crippen MR) is 60.0 cm³/mol. The van der Waals surface area contributed by atoms with Gasteiger partial charge in [-0.1, -0.05) is 30.3 Å². The maximum atomic E-state index is 5.67. The van der Waals surface area contributed by atoms with Crippen LogP contribution in [0.4, 0.5) is 0 Å². The van der Waals surface area contributed by atoms with Crippen molar-refractivity contribution in [3.8, 4) is 0 Å². The third kappa shape index (κ3) is 2.78. The normalized spacial score (nSPS) is 24.3. The van der Waals surface area contributed by atoms with E-state index in [0.29, 0.717) is 12.8 Å². The average molecular weight is 206 g/mol. The van der Waals surface area contributed by atoms with Gasteiger partial charge in [0.15, 0.2) is 0 Å². The highest BCUT2D eigenvalue weighted by molar-refractivity contribution is 5.14. The second kappa shape index (κ2) is 4.75. The molecule has 0 radical (unpaired) electrons. The quantitative estimate of drug-likeness (QED) is 0.732. The van der Waals surface area contributed by atoms with Crippen LogP contribution in [0.5, 0.6) is 0 Å². The smallest absolute Gasteiger partial charge is 0.121 e. The average Bonchev–Trinajstić information content (AvgIpc) is 2.24. The van der Waals surface area contributed by atoms with Crippen molar-refractivity contribution in [2.45, 2.75) is 19.5 Å². The molecule has 3 nitrogen and oxygen atoms in total. The molecule has 1 atom stereocenters. The van der Waals surface area contributed by atoms with E-state index in [0.717, 1.165) is 13.1 Å². The molecule has 1 aromatic rings. The van der Waals surface area contributed by atoms with Gasteiger partial charge in [-0.2, -0.15) is 5.06 Å². The minimum atomic E-state index is 0.448. The van der Waals surface area contributed by atoms with Crippen molar-refractivity contribution in [1.29, 1.82) is 0 Å². The van der Waals surface area contributed by atoms with Gasteiger partial charge in [0.2, 0.25) is 0 Å². The highest BCUT2D eigenvalue weighted by Crippen LogP contribution is 2.13. The van der Waals surface area contributed by atoms with E-state index in [4.69, 9.17) is 4.84 Å². The fourth-order valence-electron chi connectivity index (χ4n) is 1.86. The summed E-state index contributed by atoms with van der Waals surface area (Å²) in [4.78, 5) is 7.85. The van der Waals surface area contributed by atoms with E-state index in [1.807, 2.05) is 6.07 Å². The van der Waals surface area contributed by atoms with Crippen molar-refractivity contribution < 1.29 is 4.84 Å². The van der Waals surface area contributed by atoms with Crippen molar-refractivity contribution in [2.75, 3.05) is 20.3 Å². The predicted octanol–water partition coefficient (Wildman–Crippen LogP) is 1.71. The summed E-state index contributed by atoms with van der Waals surface area (Å²) in [5, 5.41) is 2.06. The highest BCUT2D eigenvalue weighted by Gasteiger charge is 2.22. The summed E-state index contributed by atoms with van der Waals surface area (Å²) < 4.78 is 0. The van der Waals surface area contributed by atoms with Gasteiger partial charge >= 0.3 is 0 Å². The first kappa shape index (κ1) is 10.6. The van der Waals surface area contributed by atoms with E-state index >= 15 is 0 Å². The number of hydrogen-bond donors (Lipinski definition) is 0. The second-order valence-corrected chi connectivity index (χ2v) is 4.21. The maximum absolute atomic E-state index is 5.67. The molecular weight excluding hydrogens is 188 g/mol. The van der Waals surface area contributed by atoms with Gasteiger partial charge in [0.1, 0.15) is 6.73 Å². The van der Waals surface area contributed by atoms with Crippen LogP contribution in [0.25, 0.3) is 0 Å². The fourth-order valence-corrected chi connectivity index (χ4v) is 1.86. The van der Waals surface area contributed by atoms with Crippen LogP contribution in [0.2, 0.25) is 0 Å². The van der Waals surface area contributed by atoms with Gasteiger partial charge in [0, 0.05) is 19.1 Å². The summed E-state index contributed by atoms with van der Waals surface area (Å²) in [7, 11) is 2.08. The number of hydroxylamine groups is 2. The number of benzene rings is 1. The molecule has 0 spiro atoms. The van der Waals surface area contributed by atoms with Gasteiger partial charge in [0.05, 0.1) is 0 Å². The molecule has 1 aromatic carbocycles. The van der Waals surface area contributed by atoms with Gasteiger partial charge in [0.25, 0.3) is 0 Å². The van der Waals surface area contributed by atoms with E-state index in [1.165, 1.54) is 5.56 Å². The minimum absolute atomic E-state index is 0.448. The largest absolute Gasteiger partial charge is 0.283 e. The van der Waals surface area contributed by atoms with Crippen molar-refractivity contribution in [3.05, 3.63) is 35.9 Å². The summed E-state index contributed by atoms with van der Waals surface area (Å²) >= 11 is 0. The zero-order chi connectivity index (χ0) is 10.7. The van der Waals surface area contributed by atoms with Crippen LogP contribution >= 0.6 is 0 Å². The minimum Gasteiger partial charge on any atom is -0.283 e. The Morgan fingerprint density at radius 1 is 1.33 bits per heavy atom. The summed E-state index contributed by atoms with van der Waals surface area (Å²) in [5.41, 5.74) is 1.30. The van der Waals surface area contributed by atoms with Crippen molar-refractivity contribution in [1.82, 2.24) is 9.96 Å². The SMILES string of the molecule is CC1CN(C)CON1Cc1ccccc1. The lowest BCUT2D eigenvalue weighted by atomic mass is 10.2. The van der Waals surface area contributed by atoms with E-state index in [2.05, 4.69) is 48.2 Å². The monoisotopic (exact) mass is 206 g/mol. The molecule has 0 N–H and O–H groups in total. The molecule has 0 aromatic heterocycles. The Morgan fingerprint density at radius 2 is 2.07 bits per heavy atom. The molecule has 0 aliphatic carbocycles. The molecule has 82 valence electrons. The van der Waals surface area contributed by atoms with Crippen molar-refractivity contribution >= 4 is 0 Å². The van der Waals surface area contributed by atoms with Crippen LogP contribution in [0.3, 0.4) is 0 Å². The van der Waals surface area contributed by atoms with Gasteiger partial charge in [-0.15, -0.1) is 0 Å². The Labute approximate surface area is 91.2 Å². The molecule has 1 saturated heterocycles. The number of hydrogen-bond acceptors (Lipinski definition) is 3. The molecule has 1 heterocycles. The van der Waals surface area contributed by atoms with Crippen LogP contribution in [0.15, 0.2) is 30.3 Å². The summed E-state index contributed by atoms with van der Waals surface area (Å²) in [6.45, 7) is 4.82. The van der Waals surface area contributed by atoms with E-state index in [1.54, 1.807) is 0 Å². The molecule has 2 rings (SSSR count). The first-order chi connectivity index (χ1) is 7.25. The second-order valence-electron chi connectivity index (χ2n) is 4.21. The van der Waals surface area contributed by atoms with Gasteiger partial charge in [-0.3, -0.25) is 9.74 Å². The van der Waals surface area contributed by atoms with Gasteiger partial charge < -0.3 is 0 Å². The standard InChI is InChI=1S/C12H18N2O/c1-11-8-13(2)10-15-14(11)9-12-6-4-3-5-7-12/h3-7,11H,8-10H2,1-2H3. The topological polar surface area (TPSA) is 15.7 Å². The molecule has 3 heteroatoms. The molecule has 1 fully saturated rings. The number of likely N-dealkylation sites (N-methyl/N-ethyl adjacent to an activating group) is 1. The number of rotatable bonds is 2. The van der Waals surface area contributed by atoms with Crippen molar-refractivity contribution in [2.24, 2.45) is 0 Å². The van der Waals surface area contributed by atoms with Crippen LogP contribution in [-0.2, 0) is 11.4 Å². The van der Waals surface area contributed by atoms with Crippen LogP contribution in [0, 0.1) is 0 Å².